The van der Waals surface area contributed by atoms with Crippen LogP contribution in [-0.2, 0) is 0 Å². The Hall–Kier alpha value is -2.11. The first-order valence-electron chi connectivity index (χ1n) is 5.54. The van der Waals surface area contributed by atoms with Crippen molar-refractivity contribution in [1.29, 1.82) is 10.5 Å². The molecule has 0 N–H and O–H groups in total. The highest BCUT2D eigenvalue weighted by Gasteiger charge is 2.11. The van der Waals surface area contributed by atoms with Crippen LogP contribution in [0.25, 0.3) is 6.08 Å². The number of halogens is 1. The Morgan fingerprint density at radius 1 is 1.11 bits per heavy atom. The van der Waals surface area contributed by atoms with Gasteiger partial charge in [0, 0.05) is 19.3 Å². The number of nitrogens with zero attached hydrogens (tertiary/aromatic N) is 5. The van der Waals surface area contributed by atoms with Gasteiger partial charge in [0.15, 0.2) is 16.5 Å². The second-order valence-electron chi connectivity index (χ2n) is 3.88. The van der Waals surface area contributed by atoms with E-state index in [-0.39, 0.29) is 16.5 Å². The standard InChI is InChI=1S/C12H10ClN5/c13-12-9(3-6-18-4-1-2-5-18)16-10(7-14)11(8-15)17-12/h3,6H,1-2,4-5H2/b6-3+. The van der Waals surface area contributed by atoms with Crippen LogP contribution in [0.1, 0.15) is 29.9 Å². The third-order valence-electron chi connectivity index (χ3n) is 2.67. The van der Waals surface area contributed by atoms with Gasteiger partial charge < -0.3 is 4.90 Å². The zero-order chi connectivity index (χ0) is 13.0. The molecule has 0 amide bonds. The van der Waals surface area contributed by atoms with Gasteiger partial charge >= 0.3 is 0 Å². The second-order valence-corrected chi connectivity index (χ2v) is 4.24. The summed E-state index contributed by atoms with van der Waals surface area (Å²) >= 11 is 5.92. The summed E-state index contributed by atoms with van der Waals surface area (Å²) in [5, 5.41) is 17.8. The Morgan fingerprint density at radius 3 is 2.33 bits per heavy atom. The molecule has 1 aromatic rings. The van der Waals surface area contributed by atoms with Crippen molar-refractivity contribution < 1.29 is 0 Å². The predicted molar refractivity (Wildman–Crippen MR) is 66.3 cm³/mol. The summed E-state index contributed by atoms with van der Waals surface area (Å²) in [7, 11) is 0. The van der Waals surface area contributed by atoms with Gasteiger partial charge in [-0.15, -0.1) is 0 Å². The van der Waals surface area contributed by atoms with Gasteiger partial charge in [0.25, 0.3) is 0 Å². The van der Waals surface area contributed by atoms with Gasteiger partial charge in [0.05, 0.1) is 0 Å². The first kappa shape index (κ1) is 12.3. The van der Waals surface area contributed by atoms with Crippen molar-refractivity contribution in [3.05, 3.63) is 28.4 Å². The monoisotopic (exact) mass is 259 g/mol. The summed E-state index contributed by atoms with van der Waals surface area (Å²) < 4.78 is 0. The minimum absolute atomic E-state index is 0.00275. The van der Waals surface area contributed by atoms with Crippen LogP contribution in [0, 0.1) is 22.7 Å². The minimum atomic E-state index is -0.0409. The number of likely N-dealkylation sites (tertiary alicyclic amines) is 1. The lowest BCUT2D eigenvalue weighted by Gasteiger charge is -2.10. The number of hydrogen-bond acceptors (Lipinski definition) is 5. The summed E-state index contributed by atoms with van der Waals surface area (Å²) in [6, 6.07) is 3.64. The van der Waals surface area contributed by atoms with Crippen LogP contribution in [-0.4, -0.2) is 28.0 Å². The molecule has 90 valence electrons. The van der Waals surface area contributed by atoms with E-state index in [1.54, 1.807) is 12.1 Å². The molecule has 1 saturated heterocycles. The van der Waals surface area contributed by atoms with Gasteiger partial charge in [-0.3, -0.25) is 0 Å². The lowest BCUT2D eigenvalue weighted by molar-refractivity contribution is 0.471. The molecule has 0 saturated carbocycles. The van der Waals surface area contributed by atoms with Crippen molar-refractivity contribution in [2.75, 3.05) is 13.1 Å². The van der Waals surface area contributed by atoms with Crippen LogP contribution in [0.15, 0.2) is 6.20 Å². The first-order valence-corrected chi connectivity index (χ1v) is 5.92. The zero-order valence-electron chi connectivity index (χ0n) is 9.60. The van der Waals surface area contributed by atoms with Gasteiger partial charge in [0.2, 0.25) is 0 Å². The molecule has 0 aliphatic carbocycles. The molecule has 0 bridgehead atoms. The molecule has 0 aromatic carbocycles. The summed E-state index contributed by atoms with van der Waals surface area (Å²) in [4.78, 5) is 10.0. The Morgan fingerprint density at radius 2 is 1.72 bits per heavy atom. The van der Waals surface area contributed by atoms with E-state index in [0.29, 0.717) is 5.69 Å². The number of aromatic nitrogens is 2. The third-order valence-corrected chi connectivity index (χ3v) is 2.95. The first-order chi connectivity index (χ1) is 8.74. The molecule has 0 unspecified atom stereocenters. The highest BCUT2D eigenvalue weighted by molar-refractivity contribution is 6.30. The molecular formula is C12H10ClN5. The SMILES string of the molecule is N#Cc1nc(Cl)c(/C=C/N2CCCC2)nc1C#N. The summed E-state index contributed by atoms with van der Waals surface area (Å²) in [6.07, 6.45) is 5.99. The van der Waals surface area contributed by atoms with Crippen LogP contribution in [0.4, 0.5) is 0 Å². The fraction of sp³-hybridized carbons (Fsp3) is 0.333. The van der Waals surface area contributed by atoms with E-state index in [2.05, 4.69) is 14.9 Å². The maximum Gasteiger partial charge on any atom is 0.178 e. The van der Waals surface area contributed by atoms with E-state index in [4.69, 9.17) is 22.1 Å². The zero-order valence-corrected chi connectivity index (χ0v) is 10.4. The van der Waals surface area contributed by atoms with E-state index in [9.17, 15) is 0 Å². The Bertz CT molecular complexity index is 561. The Balaban J connectivity index is 2.28. The number of nitriles is 2. The van der Waals surface area contributed by atoms with Gasteiger partial charge in [0.1, 0.15) is 17.8 Å². The Labute approximate surface area is 110 Å². The molecule has 0 radical (unpaired) electrons. The van der Waals surface area contributed by atoms with Gasteiger partial charge in [-0.2, -0.15) is 10.5 Å². The van der Waals surface area contributed by atoms with Crippen molar-refractivity contribution >= 4 is 17.7 Å². The summed E-state index contributed by atoms with van der Waals surface area (Å²) in [6.45, 7) is 2.03. The van der Waals surface area contributed by atoms with E-state index in [1.165, 1.54) is 12.8 Å². The molecule has 18 heavy (non-hydrogen) atoms. The highest BCUT2D eigenvalue weighted by atomic mass is 35.5. The number of rotatable bonds is 2. The smallest absolute Gasteiger partial charge is 0.178 e. The summed E-state index contributed by atoms with van der Waals surface area (Å²) in [5.41, 5.74) is 0.378. The van der Waals surface area contributed by atoms with Crippen LogP contribution in [0.5, 0.6) is 0 Å². The topological polar surface area (TPSA) is 76.6 Å². The molecule has 1 aromatic heterocycles. The maximum atomic E-state index is 8.86. The molecule has 1 fully saturated rings. The molecule has 5 nitrogen and oxygen atoms in total. The van der Waals surface area contributed by atoms with Crippen molar-refractivity contribution in [2.45, 2.75) is 12.8 Å². The fourth-order valence-electron chi connectivity index (χ4n) is 1.76. The normalized spacial score (nSPS) is 14.7. The van der Waals surface area contributed by atoms with E-state index < -0.39 is 0 Å². The number of hydrogen-bond donors (Lipinski definition) is 0. The van der Waals surface area contributed by atoms with Crippen LogP contribution >= 0.6 is 11.6 Å². The molecule has 6 heteroatoms. The van der Waals surface area contributed by atoms with Gasteiger partial charge in [-0.05, 0) is 18.9 Å². The Kier molecular flexibility index (Phi) is 3.76. The molecule has 0 atom stereocenters. The van der Waals surface area contributed by atoms with Gasteiger partial charge in [-0.25, -0.2) is 9.97 Å². The quantitative estimate of drug-likeness (QED) is 0.811. The van der Waals surface area contributed by atoms with Crippen molar-refractivity contribution in [2.24, 2.45) is 0 Å². The lowest BCUT2D eigenvalue weighted by Crippen LogP contribution is -2.10. The van der Waals surface area contributed by atoms with E-state index in [0.717, 1.165) is 13.1 Å². The largest absolute Gasteiger partial charge is 0.377 e. The molecule has 1 aliphatic rings. The lowest BCUT2D eigenvalue weighted by atomic mass is 10.3. The molecule has 0 spiro atoms. The van der Waals surface area contributed by atoms with Crippen molar-refractivity contribution in [1.82, 2.24) is 14.9 Å². The fourth-order valence-corrected chi connectivity index (χ4v) is 1.95. The average molecular weight is 260 g/mol. The molecule has 2 rings (SSSR count). The summed E-state index contributed by atoms with van der Waals surface area (Å²) in [5.74, 6) is 0. The average Bonchev–Trinajstić information content (AvgIpc) is 2.90. The van der Waals surface area contributed by atoms with E-state index in [1.807, 2.05) is 12.3 Å². The molecule has 1 aliphatic heterocycles. The van der Waals surface area contributed by atoms with Crippen LogP contribution in [0.3, 0.4) is 0 Å². The third kappa shape index (κ3) is 2.58. The second kappa shape index (κ2) is 5.48. The maximum absolute atomic E-state index is 8.86. The van der Waals surface area contributed by atoms with Crippen molar-refractivity contribution in [3.63, 3.8) is 0 Å². The molecular weight excluding hydrogens is 250 g/mol. The van der Waals surface area contributed by atoms with Crippen molar-refractivity contribution in [3.8, 4) is 12.1 Å². The molecule has 2 heterocycles. The predicted octanol–water partition coefficient (Wildman–Crippen LogP) is 1.94. The van der Waals surface area contributed by atoms with Gasteiger partial charge in [-0.1, -0.05) is 11.6 Å². The highest BCUT2D eigenvalue weighted by Crippen LogP contribution is 2.16. The van der Waals surface area contributed by atoms with Crippen LogP contribution in [0.2, 0.25) is 5.15 Å². The minimum Gasteiger partial charge on any atom is -0.377 e. The van der Waals surface area contributed by atoms with E-state index >= 15 is 0 Å². The van der Waals surface area contributed by atoms with Crippen LogP contribution < -0.4 is 0 Å².